The van der Waals surface area contributed by atoms with Gasteiger partial charge in [0.1, 0.15) is 6.29 Å². The minimum Gasteiger partial charge on any atom is -0.298 e. The average molecular weight is 218 g/mol. The number of carbonyl (C=O) groups is 1. The molecular formula is C15H22O. The average Bonchev–Trinajstić information content (AvgIpc) is 2.66. The van der Waals surface area contributed by atoms with Crippen LogP contribution in [0.1, 0.15) is 46.5 Å². The number of aldehydes is 1. The molecule has 0 aromatic rings. The lowest BCUT2D eigenvalue weighted by Gasteiger charge is -2.34. The Hall–Kier alpha value is -0.850. The van der Waals surface area contributed by atoms with Crippen molar-refractivity contribution in [3.05, 3.63) is 22.8 Å². The molecule has 0 amide bonds. The van der Waals surface area contributed by atoms with Gasteiger partial charge in [-0.25, -0.2) is 0 Å². The van der Waals surface area contributed by atoms with Crippen LogP contribution >= 0.6 is 0 Å². The number of hydrogen-bond acceptors (Lipinski definition) is 1. The van der Waals surface area contributed by atoms with Gasteiger partial charge in [-0.1, -0.05) is 24.1 Å². The van der Waals surface area contributed by atoms with Crippen LogP contribution in [0.25, 0.3) is 0 Å². The van der Waals surface area contributed by atoms with Gasteiger partial charge in [0.15, 0.2) is 0 Å². The molecule has 1 fully saturated rings. The highest BCUT2D eigenvalue weighted by Crippen LogP contribution is 2.48. The van der Waals surface area contributed by atoms with Gasteiger partial charge in [0.05, 0.1) is 0 Å². The highest BCUT2D eigenvalue weighted by atomic mass is 16.1. The van der Waals surface area contributed by atoms with E-state index >= 15 is 0 Å². The van der Waals surface area contributed by atoms with Gasteiger partial charge in [0, 0.05) is 0 Å². The van der Waals surface area contributed by atoms with Crippen LogP contribution in [0, 0.1) is 17.8 Å². The smallest absolute Gasteiger partial charge is 0.145 e. The van der Waals surface area contributed by atoms with Gasteiger partial charge in [0.2, 0.25) is 0 Å². The second-order valence-electron chi connectivity index (χ2n) is 5.57. The van der Waals surface area contributed by atoms with E-state index in [2.05, 4.69) is 19.9 Å². The van der Waals surface area contributed by atoms with Crippen LogP contribution in [-0.4, -0.2) is 6.29 Å². The van der Waals surface area contributed by atoms with Crippen LogP contribution < -0.4 is 0 Å². The Labute approximate surface area is 98.6 Å². The Bertz CT molecular complexity index is 348. The second kappa shape index (κ2) is 4.57. The van der Waals surface area contributed by atoms with Crippen LogP contribution in [0.4, 0.5) is 0 Å². The predicted molar refractivity (Wildman–Crippen MR) is 67.1 cm³/mol. The summed E-state index contributed by atoms with van der Waals surface area (Å²) in [6.45, 7) is 6.59. The lowest BCUT2D eigenvalue weighted by Crippen LogP contribution is -2.23. The van der Waals surface area contributed by atoms with E-state index in [0.29, 0.717) is 5.92 Å². The van der Waals surface area contributed by atoms with Crippen molar-refractivity contribution < 1.29 is 4.79 Å². The third-order valence-electron chi connectivity index (χ3n) is 4.39. The van der Waals surface area contributed by atoms with Crippen molar-refractivity contribution in [3.8, 4) is 0 Å². The van der Waals surface area contributed by atoms with Gasteiger partial charge in [-0.3, -0.25) is 4.79 Å². The Balaban J connectivity index is 2.27. The van der Waals surface area contributed by atoms with Crippen molar-refractivity contribution in [2.75, 3.05) is 0 Å². The first-order valence-corrected chi connectivity index (χ1v) is 6.46. The summed E-state index contributed by atoms with van der Waals surface area (Å²) >= 11 is 0. The zero-order valence-corrected chi connectivity index (χ0v) is 10.6. The highest BCUT2D eigenvalue weighted by molar-refractivity contribution is 5.72. The fourth-order valence-electron chi connectivity index (χ4n) is 3.50. The monoisotopic (exact) mass is 218 g/mol. The summed E-state index contributed by atoms with van der Waals surface area (Å²) in [7, 11) is 0. The molecule has 1 heteroatoms. The van der Waals surface area contributed by atoms with E-state index < -0.39 is 0 Å². The molecule has 16 heavy (non-hydrogen) atoms. The molecule has 2 aliphatic carbocycles. The van der Waals surface area contributed by atoms with Crippen LogP contribution in [-0.2, 0) is 4.79 Å². The summed E-state index contributed by atoms with van der Waals surface area (Å²) < 4.78 is 0. The van der Waals surface area contributed by atoms with E-state index in [1.807, 2.05) is 6.92 Å². The maximum absolute atomic E-state index is 10.7. The van der Waals surface area contributed by atoms with Gasteiger partial charge in [-0.05, 0) is 62.9 Å². The van der Waals surface area contributed by atoms with Crippen LogP contribution in [0.3, 0.4) is 0 Å². The van der Waals surface area contributed by atoms with Gasteiger partial charge in [0.25, 0.3) is 0 Å². The lowest BCUT2D eigenvalue weighted by atomic mass is 9.71. The third-order valence-corrected chi connectivity index (χ3v) is 4.39. The van der Waals surface area contributed by atoms with E-state index in [1.54, 1.807) is 11.1 Å². The van der Waals surface area contributed by atoms with Gasteiger partial charge in [-0.15, -0.1) is 0 Å². The van der Waals surface area contributed by atoms with Gasteiger partial charge >= 0.3 is 0 Å². The fourth-order valence-corrected chi connectivity index (χ4v) is 3.50. The van der Waals surface area contributed by atoms with Crippen LogP contribution in [0.5, 0.6) is 0 Å². The lowest BCUT2D eigenvalue weighted by molar-refractivity contribution is -0.104. The first-order valence-electron chi connectivity index (χ1n) is 6.46. The normalized spacial score (nSPS) is 35.2. The molecule has 0 bridgehead atoms. The van der Waals surface area contributed by atoms with E-state index in [1.165, 1.54) is 25.7 Å². The topological polar surface area (TPSA) is 17.1 Å². The molecule has 0 spiro atoms. The molecule has 3 atom stereocenters. The van der Waals surface area contributed by atoms with E-state index in [0.717, 1.165) is 23.7 Å². The molecule has 0 saturated heterocycles. The summed E-state index contributed by atoms with van der Waals surface area (Å²) in [5.74, 6) is 2.19. The second-order valence-corrected chi connectivity index (χ2v) is 5.57. The highest BCUT2D eigenvalue weighted by Gasteiger charge is 2.35. The number of allylic oxidation sites excluding steroid dienone is 4. The molecule has 0 radical (unpaired) electrons. The Kier molecular flexibility index (Phi) is 3.32. The Morgan fingerprint density at radius 1 is 1.31 bits per heavy atom. The molecule has 0 N–H and O–H groups in total. The molecule has 0 aliphatic heterocycles. The molecule has 0 aromatic carbocycles. The minimum atomic E-state index is 0.550. The Morgan fingerprint density at radius 3 is 2.75 bits per heavy atom. The molecule has 0 aromatic heterocycles. The maximum Gasteiger partial charge on any atom is 0.145 e. The van der Waals surface area contributed by atoms with E-state index in [9.17, 15) is 4.79 Å². The number of fused-ring (bicyclic) bond motifs is 1. The minimum absolute atomic E-state index is 0.550. The van der Waals surface area contributed by atoms with Crippen LogP contribution in [0.15, 0.2) is 22.8 Å². The standard InChI is InChI=1S/C15H22O/c1-10(9-16)8-13-6-4-11(2)14-7-5-12(3)15(13)14/h8-9,11,13-14H,4-7H2,1-3H3/b10-8+/t11-,13+,14+/m1/s1. The van der Waals surface area contributed by atoms with Gasteiger partial charge < -0.3 is 0 Å². The first-order chi connectivity index (χ1) is 7.63. The Morgan fingerprint density at radius 2 is 2.06 bits per heavy atom. The first kappa shape index (κ1) is 11.6. The molecule has 88 valence electrons. The zero-order chi connectivity index (χ0) is 11.7. The molecular weight excluding hydrogens is 196 g/mol. The zero-order valence-electron chi connectivity index (χ0n) is 10.6. The van der Waals surface area contributed by atoms with E-state index in [4.69, 9.17) is 0 Å². The summed E-state index contributed by atoms with van der Waals surface area (Å²) in [6, 6.07) is 0. The van der Waals surface area contributed by atoms with Crippen molar-refractivity contribution >= 4 is 6.29 Å². The quantitative estimate of drug-likeness (QED) is 0.390. The number of rotatable bonds is 2. The maximum atomic E-state index is 10.7. The predicted octanol–water partition coefficient (Wildman–Crippen LogP) is 3.90. The van der Waals surface area contributed by atoms with Crippen molar-refractivity contribution in [2.24, 2.45) is 17.8 Å². The van der Waals surface area contributed by atoms with Crippen LogP contribution in [0.2, 0.25) is 0 Å². The van der Waals surface area contributed by atoms with Crippen molar-refractivity contribution in [2.45, 2.75) is 46.5 Å². The fraction of sp³-hybridized carbons (Fsp3) is 0.667. The molecule has 0 heterocycles. The summed E-state index contributed by atoms with van der Waals surface area (Å²) in [5, 5.41) is 0. The molecule has 1 nitrogen and oxygen atoms in total. The molecule has 0 unspecified atom stereocenters. The summed E-state index contributed by atoms with van der Waals surface area (Å²) in [6.07, 6.45) is 8.33. The van der Waals surface area contributed by atoms with Crippen molar-refractivity contribution in [3.63, 3.8) is 0 Å². The SMILES string of the molecule is CC1=C2[C@H](/C=C(\C)C=O)CC[C@@H](C)[C@@H]2CC1. The van der Waals surface area contributed by atoms with Crippen molar-refractivity contribution in [1.29, 1.82) is 0 Å². The summed E-state index contributed by atoms with van der Waals surface area (Å²) in [4.78, 5) is 10.7. The van der Waals surface area contributed by atoms with Crippen molar-refractivity contribution in [1.82, 2.24) is 0 Å². The largest absolute Gasteiger partial charge is 0.298 e. The number of hydrogen-bond donors (Lipinski definition) is 0. The molecule has 2 aliphatic rings. The van der Waals surface area contributed by atoms with E-state index in [-0.39, 0.29) is 0 Å². The third kappa shape index (κ3) is 2.00. The number of carbonyl (C=O) groups excluding carboxylic acids is 1. The van der Waals surface area contributed by atoms with Gasteiger partial charge in [-0.2, -0.15) is 0 Å². The molecule has 2 rings (SSSR count). The summed E-state index contributed by atoms with van der Waals surface area (Å²) in [5.41, 5.74) is 4.15. The molecule has 1 saturated carbocycles.